The van der Waals surface area contributed by atoms with Crippen molar-refractivity contribution in [1.82, 2.24) is 9.78 Å². The van der Waals surface area contributed by atoms with Crippen molar-refractivity contribution in [3.8, 4) is 5.75 Å². The van der Waals surface area contributed by atoms with E-state index in [4.69, 9.17) is 0 Å². The zero-order valence-electron chi connectivity index (χ0n) is 9.07. The van der Waals surface area contributed by atoms with Gasteiger partial charge in [0.1, 0.15) is 5.75 Å². The lowest BCUT2D eigenvalue weighted by Crippen LogP contribution is -1.84. The third kappa shape index (κ3) is 1.87. The van der Waals surface area contributed by atoms with Gasteiger partial charge in [-0.1, -0.05) is 13.8 Å². The Kier molecular flexibility index (Phi) is 3.12. The van der Waals surface area contributed by atoms with Gasteiger partial charge in [0.05, 0.1) is 5.52 Å². The predicted octanol–water partition coefficient (Wildman–Crippen LogP) is 2.61. The van der Waals surface area contributed by atoms with Gasteiger partial charge in [-0.2, -0.15) is 5.10 Å². The van der Waals surface area contributed by atoms with Crippen LogP contribution in [0, 0.1) is 6.92 Å². The minimum Gasteiger partial charge on any atom is -0.508 e. The summed E-state index contributed by atoms with van der Waals surface area (Å²) >= 11 is 0. The van der Waals surface area contributed by atoms with Crippen LogP contribution < -0.4 is 0 Å². The molecule has 3 nitrogen and oxygen atoms in total. The summed E-state index contributed by atoms with van der Waals surface area (Å²) in [6, 6.07) is 3.61. The summed E-state index contributed by atoms with van der Waals surface area (Å²) in [7, 11) is 1.87. The largest absolute Gasteiger partial charge is 0.508 e. The number of hydrogen-bond acceptors (Lipinski definition) is 2. The van der Waals surface area contributed by atoms with Crippen LogP contribution in [0.4, 0.5) is 0 Å². The first-order valence-electron chi connectivity index (χ1n) is 4.80. The number of nitrogens with zero attached hydrogens (tertiary/aromatic N) is 2. The van der Waals surface area contributed by atoms with Crippen LogP contribution in [-0.2, 0) is 7.05 Å². The molecule has 0 spiro atoms. The highest BCUT2D eigenvalue weighted by atomic mass is 16.3. The molecule has 14 heavy (non-hydrogen) atoms. The van der Waals surface area contributed by atoms with Gasteiger partial charge in [-0.25, -0.2) is 0 Å². The minimum absolute atomic E-state index is 0.329. The van der Waals surface area contributed by atoms with Gasteiger partial charge in [-0.3, -0.25) is 4.68 Å². The summed E-state index contributed by atoms with van der Waals surface area (Å²) in [5.41, 5.74) is 1.79. The average Bonchev–Trinajstić information content (AvgIpc) is 2.49. The van der Waals surface area contributed by atoms with Gasteiger partial charge in [-0.15, -0.1) is 0 Å². The van der Waals surface area contributed by atoms with Crippen molar-refractivity contribution in [2.24, 2.45) is 7.05 Å². The monoisotopic (exact) mass is 192 g/mol. The summed E-state index contributed by atoms with van der Waals surface area (Å²) < 4.78 is 1.74. The topological polar surface area (TPSA) is 38.0 Å². The van der Waals surface area contributed by atoms with E-state index in [0.29, 0.717) is 5.75 Å². The first kappa shape index (κ1) is 10.6. The number of aromatic hydroxyl groups is 1. The first-order valence-corrected chi connectivity index (χ1v) is 4.80. The van der Waals surface area contributed by atoms with E-state index in [1.54, 1.807) is 10.7 Å². The molecule has 0 saturated heterocycles. The molecule has 1 aromatic heterocycles. The molecule has 2 rings (SSSR count). The fraction of sp³-hybridized carbons (Fsp3) is 0.364. The van der Waals surface area contributed by atoms with Crippen LogP contribution in [0.1, 0.15) is 19.4 Å². The molecule has 1 aromatic carbocycles. The third-order valence-corrected chi connectivity index (χ3v) is 1.94. The van der Waals surface area contributed by atoms with E-state index in [0.717, 1.165) is 16.5 Å². The third-order valence-electron chi connectivity index (χ3n) is 1.94. The fourth-order valence-electron chi connectivity index (χ4n) is 1.29. The van der Waals surface area contributed by atoms with Crippen LogP contribution in [0.15, 0.2) is 18.3 Å². The number of aryl methyl sites for hydroxylation is 2. The lowest BCUT2D eigenvalue weighted by Gasteiger charge is -1.95. The second kappa shape index (κ2) is 4.13. The van der Waals surface area contributed by atoms with Crippen molar-refractivity contribution in [3.05, 3.63) is 23.9 Å². The zero-order chi connectivity index (χ0) is 10.7. The molecular weight excluding hydrogens is 176 g/mol. The highest BCUT2D eigenvalue weighted by molar-refractivity contribution is 5.80. The highest BCUT2D eigenvalue weighted by Gasteiger charge is 2.01. The highest BCUT2D eigenvalue weighted by Crippen LogP contribution is 2.22. The molecule has 0 aliphatic heterocycles. The Balaban J connectivity index is 0.000000461. The van der Waals surface area contributed by atoms with E-state index in [1.807, 2.05) is 40.1 Å². The van der Waals surface area contributed by atoms with Crippen molar-refractivity contribution < 1.29 is 5.11 Å². The van der Waals surface area contributed by atoms with E-state index < -0.39 is 0 Å². The Morgan fingerprint density at radius 2 is 1.93 bits per heavy atom. The molecule has 0 bridgehead atoms. The lowest BCUT2D eigenvalue weighted by atomic mass is 10.2. The maximum atomic E-state index is 9.39. The zero-order valence-corrected chi connectivity index (χ0v) is 9.07. The van der Waals surface area contributed by atoms with Crippen molar-refractivity contribution >= 4 is 10.9 Å². The van der Waals surface area contributed by atoms with Crippen LogP contribution in [0.25, 0.3) is 10.9 Å². The van der Waals surface area contributed by atoms with Gasteiger partial charge in [0, 0.05) is 18.6 Å². The number of hydrogen-bond donors (Lipinski definition) is 1. The Labute approximate surface area is 84.0 Å². The molecule has 0 unspecified atom stereocenters. The van der Waals surface area contributed by atoms with E-state index in [2.05, 4.69) is 5.10 Å². The molecule has 0 radical (unpaired) electrons. The van der Waals surface area contributed by atoms with Crippen molar-refractivity contribution in [1.29, 1.82) is 0 Å². The predicted molar refractivity (Wildman–Crippen MR) is 58.5 cm³/mol. The molecule has 0 aliphatic rings. The number of benzene rings is 1. The number of phenolic OH excluding ortho intramolecular Hbond substituents is 1. The average molecular weight is 192 g/mol. The Bertz CT molecular complexity index is 393. The van der Waals surface area contributed by atoms with Crippen LogP contribution in [0.2, 0.25) is 0 Å². The molecule has 1 N–H and O–H groups in total. The van der Waals surface area contributed by atoms with Crippen LogP contribution in [0.3, 0.4) is 0 Å². The van der Waals surface area contributed by atoms with Crippen molar-refractivity contribution in [2.45, 2.75) is 20.8 Å². The maximum absolute atomic E-state index is 9.39. The van der Waals surface area contributed by atoms with Gasteiger partial charge < -0.3 is 5.11 Å². The van der Waals surface area contributed by atoms with Gasteiger partial charge in [0.15, 0.2) is 0 Å². The molecular formula is C11H16N2O. The smallest absolute Gasteiger partial charge is 0.119 e. The molecule has 0 fully saturated rings. The van der Waals surface area contributed by atoms with E-state index >= 15 is 0 Å². The number of phenols is 1. The Morgan fingerprint density at radius 1 is 1.29 bits per heavy atom. The molecule has 1 heterocycles. The van der Waals surface area contributed by atoms with Crippen LogP contribution in [-0.4, -0.2) is 14.9 Å². The molecule has 0 aliphatic carbocycles. The van der Waals surface area contributed by atoms with Gasteiger partial charge >= 0.3 is 0 Å². The molecule has 0 saturated carbocycles. The summed E-state index contributed by atoms with van der Waals surface area (Å²) in [5.74, 6) is 0.329. The standard InChI is InChI=1S/C9H10N2O.C2H6/c1-6-3-8-7(4-9(6)12)5-11(2)10-8;1-2/h3-5,12H,1-2H3;1-2H3. The summed E-state index contributed by atoms with van der Waals surface area (Å²) in [5, 5.41) is 14.6. The Morgan fingerprint density at radius 3 is 2.57 bits per heavy atom. The van der Waals surface area contributed by atoms with Gasteiger partial charge in [0.2, 0.25) is 0 Å². The normalized spacial score (nSPS) is 9.71. The van der Waals surface area contributed by atoms with Crippen LogP contribution in [0.5, 0.6) is 5.75 Å². The molecule has 76 valence electrons. The quantitative estimate of drug-likeness (QED) is 0.696. The lowest BCUT2D eigenvalue weighted by molar-refractivity contribution is 0.472. The second-order valence-corrected chi connectivity index (χ2v) is 3.00. The summed E-state index contributed by atoms with van der Waals surface area (Å²) in [6.45, 7) is 5.86. The van der Waals surface area contributed by atoms with Crippen molar-refractivity contribution in [3.63, 3.8) is 0 Å². The maximum Gasteiger partial charge on any atom is 0.119 e. The van der Waals surface area contributed by atoms with E-state index in [1.165, 1.54) is 0 Å². The minimum atomic E-state index is 0.329. The molecule has 2 aromatic rings. The number of fused-ring (bicyclic) bond motifs is 1. The second-order valence-electron chi connectivity index (χ2n) is 3.00. The summed E-state index contributed by atoms with van der Waals surface area (Å²) in [6.07, 6.45) is 1.88. The van der Waals surface area contributed by atoms with Crippen LogP contribution >= 0.6 is 0 Å². The van der Waals surface area contributed by atoms with Gasteiger partial charge in [-0.05, 0) is 24.6 Å². The summed E-state index contributed by atoms with van der Waals surface area (Å²) in [4.78, 5) is 0. The van der Waals surface area contributed by atoms with E-state index in [-0.39, 0.29) is 0 Å². The molecule has 3 heteroatoms. The van der Waals surface area contributed by atoms with Gasteiger partial charge in [0.25, 0.3) is 0 Å². The van der Waals surface area contributed by atoms with Crippen molar-refractivity contribution in [2.75, 3.05) is 0 Å². The fourth-order valence-corrected chi connectivity index (χ4v) is 1.29. The molecule has 0 amide bonds. The number of aromatic nitrogens is 2. The SMILES string of the molecule is CC.Cc1cc2nn(C)cc2cc1O. The first-order chi connectivity index (χ1) is 6.66. The molecule has 0 atom stereocenters. The number of rotatable bonds is 0. The Hall–Kier alpha value is -1.51. The van der Waals surface area contributed by atoms with E-state index in [9.17, 15) is 5.11 Å².